The van der Waals surface area contributed by atoms with Gasteiger partial charge in [-0.05, 0) is 12.1 Å². The number of benzene rings is 1. The summed E-state index contributed by atoms with van der Waals surface area (Å²) in [5.41, 5.74) is 0.402. The van der Waals surface area contributed by atoms with Crippen molar-refractivity contribution >= 4 is 18.6 Å². The number of hydrogen-bond acceptors (Lipinski definition) is 2. The minimum absolute atomic E-state index is 0. The summed E-state index contributed by atoms with van der Waals surface area (Å²) in [5.74, 6) is -0.220. The van der Waals surface area contributed by atoms with Crippen LogP contribution in [-0.4, -0.2) is 19.4 Å². The van der Waals surface area contributed by atoms with Crippen LogP contribution in [0, 0.1) is 0 Å². The standard InChI is InChI=1S/C9H10BF3NO2.K/c1-7(15)14-8-3-2-4-9(5-8)16-6-10(11,12)13;/h2-5H,6H2,1H3,(H,14,15);/q-1;+1. The third-order valence-corrected chi connectivity index (χ3v) is 1.59. The SMILES string of the molecule is CC(=O)Nc1cccc(OC[B-](F)(F)F)c1.[K+]. The van der Waals surface area contributed by atoms with E-state index in [-0.39, 0.29) is 63.0 Å². The van der Waals surface area contributed by atoms with Crippen LogP contribution in [0.1, 0.15) is 6.92 Å². The zero-order valence-corrected chi connectivity index (χ0v) is 12.7. The number of amides is 1. The molecule has 8 heteroatoms. The molecule has 0 spiro atoms. The van der Waals surface area contributed by atoms with Crippen molar-refractivity contribution in [2.24, 2.45) is 0 Å². The van der Waals surface area contributed by atoms with Gasteiger partial charge >= 0.3 is 58.4 Å². The molecule has 0 aliphatic carbocycles. The van der Waals surface area contributed by atoms with Crippen LogP contribution in [0.2, 0.25) is 0 Å². The van der Waals surface area contributed by atoms with Gasteiger partial charge in [0.15, 0.2) is 0 Å². The summed E-state index contributed by atoms with van der Waals surface area (Å²) in [5, 5.41) is 2.45. The number of ether oxygens (including phenoxy) is 1. The molecule has 1 amide bonds. The van der Waals surface area contributed by atoms with E-state index in [2.05, 4.69) is 10.1 Å². The quantitative estimate of drug-likeness (QED) is 0.744. The van der Waals surface area contributed by atoms with E-state index in [9.17, 15) is 17.7 Å². The van der Waals surface area contributed by atoms with Gasteiger partial charge in [0.2, 0.25) is 5.91 Å². The van der Waals surface area contributed by atoms with Gasteiger partial charge in [0, 0.05) is 18.7 Å². The fourth-order valence-electron chi connectivity index (χ4n) is 1.06. The van der Waals surface area contributed by atoms with Crippen LogP contribution in [0.3, 0.4) is 0 Å². The van der Waals surface area contributed by atoms with Crippen molar-refractivity contribution in [1.82, 2.24) is 0 Å². The Bertz CT molecular complexity index is 387. The third kappa shape index (κ3) is 7.82. The second-order valence-electron chi connectivity index (χ2n) is 3.23. The zero-order valence-electron chi connectivity index (χ0n) is 9.54. The Labute approximate surface area is 140 Å². The summed E-state index contributed by atoms with van der Waals surface area (Å²) in [7, 11) is 0. The fourth-order valence-corrected chi connectivity index (χ4v) is 1.06. The average molecular weight is 271 g/mol. The smallest absolute Gasteiger partial charge is 0.522 e. The molecule has 0 aliphatic rings. The van der Waals surface area contributed by atoms with E-state index in [1.165, 1.54) is 25.1 Å². The van der Waals surface area contributed by atoms with E-state index in [0.717, 1.165) is 0 Å². The van der Waals surface area contributed by atoms with Crippen LogP contribution < -0.4 is 61.4 Å². The molecule has 88 valence electrons. The Kier molecular flexibility index (Phi) is 7.42. The van der Waals surface area contributed by atoms with Gasteiger partial charge < -0.3 is 23.0 Å². The summed E-state index contributed by atoms with van der Waals surface area (Å²) in [6.07, 6.45) is 0. The molecule has 1 aromatic carbocycles. The van der Waals surface area contributed by atoms with Gasteiger partial charge in [-0.15, -0.1) is 0 Å². The number of carbonyl (C=O) groups excluding carboxylic acids is 1. The second kappa shape index (κ2) is 7.42. The molecule has 1 N–H and O–H groups in total. The number of carbonyl (C=O) groups is 1. The summed E-state index contributed by atoms with van der Waals surface area (Å²) in [6, 6.07) is 5.80. The molecule has 3 nitrogen and oxygen atoms in total. The van der Waals surface area contributed by atoms with Crippen molar-refractivity contribution in [3.63, 3.8) is 0 Å². The fraction of sp³-hybridized carbons (Fsp3) is 0.222. The molecule has 0 aromatic heterocycles. The van der Waals surface area contributed by atoms with E-state index in [0.29, 0.717) is 5.69 Å². The Morgan fingerprint density at radius 1 is 1.41 bits per heavy atom. The molecule has 0 bridgehead atoms. The van der Waals surface area contributed by atoms with Gasteiger partial charge in [-0.25, -0.2) is 0 Å². The van der Waals surface area contributed by atoms with Gasteiger partial charge in [-0.3, -0.25) is 4.79 Å². The van der Waals surface area contributed by atoms with E-state index in [1.807, 2.05) is 0 Å². The minimum Gasteiger partial charge on any atom is -0.522 e. The summed E-state index contributed by atoms with van der Waals surface area (Å²) < 4.78 is 40.3. The molecule has 0 saturated carbocycles. The molecule has 0 heterocycles. The Morgan fingerprint density at radius 2 is 2.06 bits per heavy atom. The number of hydrogen-bond donors (Lipinski definition) is 1. The number of halogens is 3. The largest absolute Gasteiger partial charge is 1.00 e. The van der Waals surface area contributed by atoms with Crippen LogP contribution in [0.5, 0.6) is 5.75 Å². The topological polar surface area (TPSA) is 38.3 Å². The van der Waals surface area contributed by atoms with Crippen LogP contribution in [-0.2, 0) is 4.79 Å². The number of anilines is 1. The first-order valence-corrected chi connectivity index (χ1v) is 4.58. The van der Waals surface area contributed by atoms with Gasteiger partial charge in [0.25, 0.3) is 0 Å². The molecule has 17 heavy (non-hydrogen) atoms. The van der Waals surface area contributed by atoms with Gasteiger partial charge in [0.1, 0.15) is 5.75 Å². The maximum atomic E-state index is 11.9. The number of rotatable bonds is 4. The molecule has 0 aliphatic heterocycles. The first-order valence-electron chi connectivity index (χ1n) is 4.58. The maximum absolute atomic E-state index is 11.9. The molecule has 0 atom stereocenters. The molecular weight excluding hydrogens is 261 g/mol. The van der Waals surface area contributed by atoms with Crippen molar-refractivity contribution in [3.05, 3.63) is 24.3 Å². The van der Waals surface area contributed by atoms with Gasteiger partial charge in [-0.1, -0.05) is 6.07 Å². The van der Waals surface area contributed by atoms with Gasteiger partial charge in [0.05, 0.1) is 6.51 Å². The first-order chi connectivity index (χ1) is 7.37. The third-order valence-electron chi connectivity index (χ3n) is 1.59. The molecule has 1 rings (SSSR count). The van der Waals surface area contributed by atoms with E-state index in [1.54, 1.807) is 6.07 Å². The summed E-state index contributed by atoms with van der Waals surface area (Å²) >= 11 is 0. The second-order valence-corrected chi connectivity index (χ2v) is 3.23. The average Bonchev–Trinajstić information content (AvgIpc) is 2.13. The van der Waals surface area contributed by atoms with Crippen molar-refractivity contribution < 1.29 is 73.9 Å². The normalized spacial score (nSPS) is 10.4. The first kappa shape index (κ1) is 17.0. The molecule has 1 aromatic rings. The van der Waals surface area contributed by atoms with Crippen LogP contribution in [0.4, 0.5) is 18.6 Å². The minimum atomic E-state index is -4.97. The molecular formula is C9H10BF3KNO2. The molecule has 0 unspecified atom stereocenters. The van der Waals surface area contributed by atoms with Gasteiger partial charge in [-0.2, -0.15) is 0 Å². The van der Waals surface area contributed by atoms with Crippen molar-refractivity contribution in [3.8, 4) is 5.75 Å². The molecule has 0 radical (unpaired) electrons. The number of nitrogens with one attached hydrogen (secondary N) is 1. The summed E-state index contributed by atoms with van der Waals surface area (Å²) in [6.45, 7) is -4.94. The van der Waals surface area contributed by atoms with E-state index in [4.69, 9.17) is 0 Å². The predicted octanol–water partition coefficient (Wildman–Crippen LogP) is -0.586. The Morgan fingerprint density at radius 3 is 2.59 bits per heavy atom. The van der Waals surface area contributed by atoms with E-state index >= 15 is 0 Å². The van der Waals surface area contributed by atoms with Crippen LogP contribution in [0.25, 0.3) is 0 Å². The zero-order chi connectivity index (χ0) is 12.2. The molecule has 0 fully saturated rings. The van der Waals surface area contributed by atoms with Crippen molar-refractivity contribution in [2.45, 2.75) is 6.92 Å². The monoisotopic (exact) mass is 271 g/mol. The molecule has 0 saturated heterocycles. The Hall–Kier alpha value is -0.0187. The van der Waals surface area contributed by atoms with Crippen molar-refractivity contribution in [1.29, 1.82) is 0 Å². The van der Waals surface area contributed by atoms with E-state index < -0.39 is 13.5 Å². The maximum Gasteiger partial charge on any atom is 1.00 e. The summed E-state index contributed by atoms with van der Waals surface area (Å²) in [4.78, 5) is 10.7. The van der Waals surface area contributed by atoms with Crippen LogP contribution in [0.15, 0.2) is 24.3 Å². The Balaban J connectivity index is 0.00000256. The van der Waals surface area contributed by atoms with Crippen LogP contribution >= 0.6 is 0 Å². The predicted molar refractivity (Wildman–Crippen MR) is 55.3 cm³/mol. The van der Waals surface area contributed by atoms with Crippen molar-refractivity contribution in [2.75, 3.05) is 11.8 Å².